The molecule has 1 N–H and O–H groups in total. The summed E-state index contributed by atoms with van der Waals surface area (Å²) >= 11 is 5.39. The predicted molar refractivity (Wildman–Crippen MR) is 95.0 cm³/mol. The number of ether oxygens (including phenoxy) is 1. The first-order valence-electron chi connectivity index (χ1n) is 8.14. The van der Waals surface area contributed by atoms with E-state index in [0.717, 1.165) is 25.9 Å². The number of fused-ring (bicyclic) bond motifs is 1. The van der Waals surface area contributed by atoms with Crippen LogP contribution < -0.4 is 5.56 Å². The Morgan fingerprint density at radius 3 is 2.96 bits per heavy atom. The number of nitrogens with one attached hydrogen (secondary N) is 1. The molecule has 1 aliphatic rings. The van der Waals surface area contributed by atoms with Crippen LogP contribution in [0.3, 0.4) is 0 Å². The second kappa shape index (κ2) is 6.86. The van der Waals surface area contributed by atoms with Crippen molar-refractivity contribution in [1.29, 1.82) is 0 Å². The largest absolute Gasteiger partial charge is 0.465 e. The summed E-state index contributed by atoms with van der Waals surface area (Å²) in [6.45, 7) is 4.78. The summed E-state index contributed by atoms with van der Waals surface area (Å²) < 4.78 is 6.73. The highest BCUT2D eigenvalue weighted by Gasteiger charge is 2.24. The molecule has 0 amide bonds. The number of H-pyrrole nitrogens is 1. The van der Waals surface area contributed by atoms with Gasteiger partial charge < -0.3 is 9.72 Å². The van der Waals surface area contributed by atoms with Crippen LogP contribution in [0.4, 0.5) is 0 Å². The number of aromatic nitrogens is 2. The molecule has 1 fully saturated rings. The zero-order valence-corrected chi connectivity index (χ0v) is 14.7. The van der Waals surface area contributed by atoms with Gasteiger partial charge in [0, 0.05) is 12.6 Å². The number of rotatable bonds is 4. The van der Waals surface area contributed by atoms with Crippen LogP contribution in [0.25, 0.3) is 10.9 Å². The van der Waals surface area contributed by atoms with Crippen molar-refractivity contribution in [3.8, 4) is 0 Å². The van der Waals surface area contributed by atoms with E-state index in [0.29, 0.717) is 33.8 Å². The lowest BCUT2D eigenvalue weighted by molar-refractivity contribution is 0.0601. The summed E-state index contributed by atoms with van der Waals surface area (Å²) in [7, 11) is 1.33. The molecule has 3 rings (SSSR count). The summed E-state index contributed by atoms with van der Waals surface area (Å²) in [5.74, 6) is -0.440. The van der Waals surface area contributed by atoms with E-state index in [2.05, 4.69) is 16.8 Å². The molecule has 1 saturated heterocycles. The van der Waals surface area contributed by atoms with Crippen molar-refractivity contribution < 1.29 is 9.53 Å². The van der Waals surface area contributed by atoms with Crippen molar-refractivity contribution in [2.75, 3.05) is 20.2 Å². The van der Waals surface area contributed by atoms with Crippen LogP contribution in [0.5, 0.6) is 0 Å². The molecule has 1 aromatic heterocycles. The molecule has 0 spiro atoms. The molecule has 2 heterocycles. The van der Waals surface area contributed by atoms with Gasteiger partial charge in [0.15, 0.2) is 4.77 Å². The number of carbonyl (C=O) groups excluding carboxylic acids is 1. The van der Waals surface area contributed by atoms with Gasteiger partial charge in [-0.1, -0.05) is 6.92 Å². The summed E-state index contributed by atoms with van der Waals surface area (Å²) in [5.41, 5.74) is 0.830. The number of benzene rings is 1. The number of nitrogens with zero attached hydrogens (tertiary/aromatic N) is 2. The SMILES string of the molecule is CCN1CCC[C@H]1Cn1c(=S)[nH]c2cc(C(=O)OC)ccc2c1=O. The molecule has 0 unspecified atom stereocenters. The molecule has 128 valence electrons. The maximum Gasteiger partial charge on any atom is 0.337 e. The Morgan fingerprint density at radius 1 is 1.46 bits per heavy atom. The van der Waals surface area contributed by atoms with Crippen molar-refractivity contribution in [2.24, 2.45) is 0 Å². The van der Waals surface area contributed by atoms with Gasteiger partial charge in [-0.25, -0.2) is 4.79 Å². The zero-order valence-electron chi connectivity index (χ0n) is 13.9. The molecule has 1 aliphatic heterocycles. The van der Waals surface area contributed by atoms with Crippen LogP contribution in [0, 0.1) is 4.77 Å². The van der Waals surface area contributed by atoms with E-state index >= 15 is 0 Å². The van der Waals surface area contributed by atoms with Gasteiger partial charge in [-0.3, -0.25) is 14.3 Å². The molecule has 0 saturated carbocycles. The standard InChI is InChI=1S/C17H21N3O3S/c1-3-19-8-4-5-12(19)10-20-15(21)13-7-6-11(16(22)23-2)9-14(13)18-17(20)24/h6-7,9,12H,3-5,8,10H2,1-2H3,(H,18,24)/t12-/m0/s1. The summed E-state index contributed by atoms with van der Waals surface area (Å²) in [6.07, 6.45) is 2.23. The molecule has 7 heteroatoms. The monoisotopic (exact) mass is 347 g/mol. The smallest absolute Gasteiger partial charge is 0.337 e. The molecule has 2 aromatic rings. The van der Waals surface area contributed by atoms with Crippen LogP contribution in [0.1, 0.15) is 30.1 Å². The number of likely N-dealkylation sites (tertiary alicyclic amines) is 1. The highest BCUT2D eigenvalue weighted by molar-refractivity contribution is 7.71. The van der Waals surface area contributed by atoms with E-state index in [-0.39, 0.29) is 5.56 Å². The van der Waals surface area contributed by atoms with Crippen molar-refractivity contribution in [3.05, 3.63) is 38.9 Å². The number of carbonyl (C=O) groups is 1. The van der Waals surface area contributed by atoms with Crippen LogP contribution in [0.2, 0.25) is 0 Å². The molecule has 1 atom stereocenters. The molecule has 0 aliphatic carbocycles. The lowest BCUT2D eigenvalue weighted by Crippen LogP contribution is -2.36. The Labute approximate surface area is 145 Å². The van der Waals surface area contributed by atoms with E-state index in [1.807, 2.05) is 0 Å². The number of esters is 1. The van der Waals surface area contributed by atoms with E-state index in [9.17, 15) is 9.59 Å². The van der Waals surface area contributed by atoms with Gasteiger partial charge in [0.1, 0.15) is 0 Å². The number of methoxy groups -OCH3 is 1. The number of aromatic amines is 1. The van der Waals surface area contributed by atoms with Crippen molar-refractivity contribution in [2.45, 2.75) is 32.4 Å². The third-order valence-electron chi connectivity index (χ3n) is 4.70. The van der Waals surface area contributed by atoms with Gasteiger partial charge >= 0.3 is 5.97 Å². The first kappa shape index (κ1) is 16.9. The minimum Gasteiger partial charge on any atom is -0.465 e. The summed E-state index contributed by atoms with van der Waals surface area (Å²) in [5, 5.41) is 0.525. The van der Waals surface area contributed by atoms with Gasteiger partial charge in [-0.15, -0.1) is 0 Å². The van der Waals surface area contributed by atoms with Gasteiger partial charge in [-0.05, 0) is 56.3 Å². The van der Waals surface area contributed by atoms with Crippen molar-refractivity contribution in [3.63, 3.8) is 0 Å². The fourth-order valence-electron chi connectivity index (χ4n) is 3.39. The molecular formula is C17H21N3O3S. The van der Waals surface area contributed by atoms with E-state index < -0.39 is 5.97 Å². The van der Waals surface area contributed by atoms with Crippen LogP contribution in [-0.2, 0) is 11.3 Å². The lowest BCUT2D eigenvalue weighted by atomic mass is 10.1. The number of hydrogen-bond acceptors (Lipinski definition) is 5. The van der Waals surface area contributed by atoms with Crippen molar-refractivity contribution >= 4 is 29.1 Å². The minimum absolute atomic E-state index is 0.117. The Morgan fingerprint density at radius 2 is 2.25 bits per heavy atom. The van der Waals surface area contributed by atoms with Crippen LogP contribution >= 0.6 is 12.2 Å². The second-order valence-corrected chi connectivity index (χ2v) is 6.41. The highest BCUT2D eigenvalue weighted by Crippen LogP contribution is 2.18. The summed E-state index contributed by atoms with van der Waals surface area (Å²) in [4.78, 5) is 29.9. The Kier molecular flexibility index (Phi) is 4.82. The van der Waals surface area contributed by atoms with Gasteiger partial charge in [0.05, 0.1) is 23.6 Å². The summed E-state index contributed by atoms with van der Waals surface area (Å²) in [6, 6.07) is 5.20. The Hall–Kier alpha value is -1.99. The average molecular weight is 347 g/mol. The molecule has 0 bridgehead atoms. The van der Waals surface area contributed by atoms with Crippen LogP contribution in [-0.4, -0.2) is 46.7 Å². The van der Waals surface area contributed by atoms with Gasteiger partial charge in [0.2, 0.25) is 0 Å². The number of hydrogen-bond donors (Lipinski definition) is 1. The lowest BCUT2D eigenvalue weighted by Gasteiger charge is -2.23. The normalized spacial score (nSPS) is 18.2. The van der Waals surface area contributed by atoms with Crippen molar-refractivity contribution in [1.82, 2.24) is 14.5 Å². The topological polar surface area (TPSA) is 67.3 Å². The molecule has 1 aromatic carbocycles. The second-order valence-electron chi connectivity index (χ2n) is 6.02. The van der Waals surface area contributed by atoms with E-state index in [1.165, 1.54) is 7.11 Å². The first-order valence-corrected chi connectivity index (χ1v) is 8.55. The van der Waals surface area contributed by atoms with Crippen LogP contribution in [0.15, 0.2) is 23.0 Å². The molecule has 6 nitrogen and oxygen atoms in total. The minimum atomic E-state index is -0.440. The first-order chi connectivity index (χ1) is 11.5. The molecule has 0 radical (unpaired) electrons. The average Bonchev–Trinajstić information content (AvgIpc) is 3.04. The van der Waals surface area contributed by atoms with E-state index in [4.69, 9.17) is 17.0 Å². The predicted octanol–water partition coefficient (Wildman–Crippen LogP) is 2.33. The molecule has 24 heavy (non-hydrogen) atoms. The third kappa shape index (κ3) is 3.01. The fourth-order valence-corrected chi connectivity index (χ4v) is 3.66. The van der Waals surface area contributed by atoms with E-state index in [1.54, 1.807) is 22.8 Å². The van der Waals surface area contributed by atoms with Gasteiger partial charge in [-0.2, -0.15) is 0 Å². The Bertz CT molecular complexity index is 887. The maximum atomic E-state index is 12.8. The third-order valence-corrected chi connectivity index (χ3v) is 5.02. The maximum absolute atomic E-state index is 12.8. The Balaban J connectivity index is 2.03. The fraction of sp³-hybridized carbons (Fsp3) is 0.471. The highest BCUT2D eigenvalue weighted by atomic mass is 32.1. The quantitative estimate of drug-likeness (QED) is 0.679. The number of likely N-dealkylation sites (N-methyl/N-ethyl adjacent to an activating group) is 1. The zero-order chi connectivity index (χ0) is 17.3. The van der Waals surface area contributed by atoms with Gasteiger partial charge in [0.25, 0.3) is 5.56 Å². The molecular weight excluding hydrogens is 326 g/mol.